The smallest absolute Gasteiger partial charge is 0.342 e. The van der Waals surface area contributed by atoms with Crippen molar-refractivity contribution in [2.24, 2.45) is 0 Å². The van der Waals surface area contributed by atoms with Crippen LogP contribution in [0.25, 0.3) is 0 Å². The van der Waals surface area contributed by atoms with E-state index in [4.69, 9.17) is 0 Å². The summed E-state index contributed by atoms with van der Waals surface area (Å²) in [6, 6.07) is 0. The molecule has 0 aromatic heterocycles. The average molecular weight is 280 g/mol. The molecule has 0 rings (SSSR count). The van der Waals surface area contributed by atoms with E-state index in [9.17, 15) is 19.2 Å². The highest BCUT2D eigenvalue weighted by atomic mass is 16.6. The van der Waals surface area contributed by atoms with Crippen LogP contribution in [0.1, 0.15) is 27.2 Å². The maximum Gasteiger partial charge on any atom is 0.342 e. The first-order valence-corrected chi connectivity index (χ1v) is 5.73. The molecule has 0 aliphatic carbocycles. The van der Waals surface area contributed by atoms with Gasteiger partial charge >= 0.3 is 23.9 Å². The lowest BCUT2D eigenvalue weighted by Gasteiger charge is -2.04. The third-order valence-electron chi connectivity index (χ3n) is 2.01. The Kier molecular flexibility index (Phi) is 6.85. The number of hydrogen-bond donors (Lipinski definition) is 0. The predicted molar refractivity (Wildman–Crippen MR) is 70.2 cm³/mol. The summed E-state index contributed by atoms with van der Waals surface area (Å²) in [5.74, 6) is -3.80. The summed E-state index contributed by atoms with van der Waals surface area (Å²) in [7, 11) is 0. The zero-order valence-electron chi connectivity index (χ0n) is 11.6. The second kappa shape index (κ2) is 7.83. The molecule has 0 atom stereocenters. The van der Waals surface area contributed by atoms with Gasteiger partial charge in [0.15, 0.2) is 0 Å². The molecule has 0 bridgehead atoms. The van der Waals surface area contributed by atoms with Crippen LogP contribution in [0, 0.1) is 0 Å². The van der Waals surface area contributed by atoms with Gasteiger partial charge in [-0.05, 0) is 20.3 Å². The Balaban J connectivity index is 4.85. The van der Waals surface area contributed by atoms with Crippen molar-refractivity contribution in [1.82, 2.24) is 0 Å². The number of rotatable bonds is 5. The summed E-state index contributed by atoms with van der Waals surface area (Å²) >= 11 is 0. The fourth-order valence-electron chi connectivity index (χ4n) is 0.892. The van der Waals surface area contributed by atoms with Crippen LogP contribution in [0.2, 0.25) is 0 Å². The van der Waals surface area contributed by atoms with Crippen molar-refractivity contribution in [3.63, 3.8) is 0 Å². The van der Waals surface area contributed by atoms with Crippen LogP contribution < -0.4 is 0 Å². The maximum atomic E-state index is 11.6. The molecule has 20 heavy (non-hydrogen) atoms. The number of hydrogen-bond acceptors (Lipinski definition) is 6. The van der Waals surface area contributed by atoms with E-state index in [1.54, 1.807) is 6.92 Å². The number of carbonyl (C=O) groups is 4. The van der Waals surface area contributed by atoms with Gasteiger partial charge in [0.05, 0.1) is 0 Å². The van der Waals surface area contributed by atoms with Gasteiger partial charge in [0.2, 0.25) is 0 Å². The van der Waals surface area contributed by atoms with Gasteiger partial charge in [0.1, 0.15) is 0 Å². The van der Waals surface area contributed by atoms with Gasteiger partial charge in [-0.2, -0.15) is 0 Å². The topological polar surface area (TPSA) is 86.7 Å². The summed E-state index contributed by atoms with van der Waals surface area (Å²) in [5.41, 5.74) is -0.00205. The molecular formula is C14H16O6. The number of esters is 4. The van der Waals surface area contributed by atoms with Crippen molar-refractivity contribution >= 4 is 23.9 Å². The highest BCUT2D eigenvalue weighted by Crippen LogP contribution is 2.07. The first kappa shape index (κ1) is 17.5. The van der Waals surface area contributed by atoms with Crippen LogP contribution in [0.3, 0.4) is 0 Å². The lowest BCUT2D eigenvalue weighted by atomic mass is 10.2. The van der Waals surface area contributed by atoms with Crippen molar-refractivity contribution in [3.05, 3.63) is 36.0 Å². The van der Waals surface area contributed by atoms with E-state index >= 15 is 0 Å². The molecular weight excluding hydrogens is 264 g/mol. The molecule has 0 aromatic carbocycles. The molecule has 0 aliphatic rings. The van der Waals surface area contributed by atoms with E-state index in [1.807, 2.05) is 0 Å². The molecule has 108 valence electrons. The minimum atomic E-state index is -1.03. The molecule has 0 saturated heterocycles. The van der Waals surface area contributed by atoms with Crippen molar-refractivity contribution in [1.29, 1.82) is 0 Å². The third kappa shape index (κ3) is 5.90. The molecule has 6 heteroatoms. The highest BCUT2D eigenvalue weighted by molar-refractivity contribution is 6.06. The van der Waals surface area contributed by atoms with Crippen LogP contribution in [0.4, 0.5) is 0 Å². The molecule has 0 spiro atoms. The first-order valence-electron chi connectivity index (χ1n) is 5.73. The van der Waals surface area contributed by atoms with Crippen LogP contribution in [-0.4, -0.2) is 23.9 Å². The summed E-state index contributed by atoms with van der Waals surface area (Å²) in [4.78, 5) is 45.2. The lowest BCUT2D eigenvalue weighted by Crippen LogP contribution is -2.17. The SMILES string of the molecule is C=C(C)C(=O)OC(=O)/C=C(/CC)C(=O)OC(=O)C(=C)C. The van der Waals surface area contributed by atoms with E-state index in [0.29, 0.717) is 0 Å². The molecule has 0 radical (unpaired) electrons. The normalized spacial score (nSPS) is 10.4. The standard InChI is InChI=1S/C14H16O6/c1-6-10(14(18)20-13(17)9(4)5)7-11(15)19-12(16)8(2)3/h7H,2,4,6H2,1,3,5H3/b10-7-. The fraction of sp³-hybridized carbons (Fsp3) is 0.286. The van der Waals surface area contributed by atoms with Gasteiger partial charge in [-0.3, -0.25) is 0 Å². The van der Waals surface area contributed by atoms with Gasteiger partial charge in [-0.15, -0.1) is 0 Å². The van der Waals surface area contributed by atoms with Crippen LogP contribution in [-0.2, 0) is 28.7 Å². The predicted octanol–water partition coefficient (Wildman–Crippen LogP) is 1.61. The number of ether oxygens (including phenoxy) is 2. The Morgan fingerprint density at radius 1 is 0.900 bits per heavy atom. The Bertz CT molecular complexity index is 510. The Labute approximate surface area is 116 Å². The Morgan fingerprint density at radius 3 is 1.75 bits per heavy atom. The van der Waals surface area contributed by atoms with Crippen LogP contribution >= 0.6 is 0 Å². The molecule has 0 aromatic rings. The van der Waals surface area contributed by atoms with Crippen LogP contribution in [0.15, 0.2) is 36.0 Å². The minimum Gasteiger partial charge on any atom is -0.386 e. The fourth-order valence-corrected chi connectivity index (χ4v) is 0.892. The van der Waals surface area contributed by atoms with Gasteiger partial charge < -0.3 is 9.47 Å². The third-order valence-corrected chi connectivity index (χ3v) is 2.01. The van der Waals surface area contributed by atoms with Crippen molar-refractivity contribution in [3.8, 4) is 0 Å². The molecule has 0 saturated carbocycles. The van der Waals surface area contributed by atoms with Crippen molar-refractivity contribution in [2.45, 2.75) is 27.2 Å². The molecule has 0 aliphatic heterocycles. The second-order valence-corrected chi connectivity index (χ2v) is 3.97. The molecule has 6 nitrogen and oxygen atoms in total. The average Bonchev–Trinajstić information content (AvgIpc) is 2.35. The molecule has 0 fully saturated rings. The van der Waals surface area contributed by atoms with Crippen molar-refractivity contribution in [2.75, 3.05) is 0 Å². The summed E-state index contributed by atoms with van der Waals surface area (Å²) in [6.45, 7) is 11.0. The van der Waals surface area contributed by atoms with Gasteiger partial charge in [-0.25, -0.2) is 19.2 Å². The minimum absolute atomic E-state index is 0.0461. The quantitative estimate of drug-likeness (QED) is 0.432. The van der Waals surface area contributed by atoms with E-state index in [1.165, 1.54) is 13.8 Å². The number of carbonyl (C=O) groups excluding carboxylic acids is 4. The van der Waals surface area contributed by atoms with Gasteiger partial charge in [0.25, 0.3) is 0 Å². The highest BCUT2D eigenvalue weighted by Gasteiger charge is 2.17. The summed E-state index contributed by atoms with van der Waals surface area (Å²) < 4.78 is 8.84. The van der Waals surface area contributed by atoms with Crippen LogP contribution in [0.5, 0.6) is 0 Å². The molecule has 0 heterocycles. The van der Waals surface area contributed by atoms with Gasteiger partial charge in [-0.1, -0.05) is 20.1 Å². The molecule has 0 N–H and O–H groups in total. The van der Waals surface area contributed by atoms with E-state index in [2.05, 4.69) is 22.6 Å². The maximum absolute atomic E-state index is 11.6. The molecule has 0 unspecified atom stereocenters. The van der Waals surface area contributed by atoms with E-state index in [0.717, 1.165) is 6.08 Å². The Morgan fingerprint density at radius 2 is 1.35 bits per heavy atom. The zero-order valence-corrected chi connectivity index (χ0v) is 11.6. The second-order valence-electron chi connectivity index (χ2n) is 3.97. The lowest BCUT2D eigenvalue weighted by molar-refractivity contribution is -0.156. The monoisotopic (exact) mass is 280 g/mol. The van der Waals surface area contributed by atoms with Crippen molar-refractivity contribution < 1.29 is 28.7 Å². The van der Waals surface area contributed by atoms with E-state index < -0.39 is 23.9 Å². The molecule has 0 amide bonds. The summed E-state index contributed by atoms with van der Waals surface area (Å²) in [6.07, 6.45) is 0.924. The largest absolute Gasteiger partial charge is 0.386 e. The Hall–Kier alpha value is -2.50. The van der Waals surface area contributed by atoms with Gasteiger partial charge in [0, 0.05) is 22.8 Å². The zero-order chi connectivity index (χ0) is 15.9. The first-order chi connectivity index (χ1) is 9.18. The summed E-state index contributed by atoms with van der Waals surface area (Å²) in [5, 5.41) is 0. The van der Waals surface area contributed by atoms with E-state index in [-0.39, 0.29) is 23.1 Å².